The first-order chi connectivity index (χ1) is 9.02. The van der Waals surface area contributed by atoms with E-state index in [0.29, 0.717) is 17.7 Å². The van der Waals surface area contributed by atoms with Crippen molar-refractivity contribution in [1.29, 1.82) is 0 Å². The van der Waals surface area contributed by atoms with E-state index in [9.17, 15) is 9.59 Å². The summed E-state index contributed by atoms with van der Waals surface area (Å²) >= 11 is 5.85. The number of nitrogens with one attached hydrogen (secondary N) is 1. The second kappa shape index (κ2) is 5.40. The highest BCUT2D eigenvalue weighted by Gasteiger charge is 2.11. The molecular formula is C13H14ClN3O2. The number of nitrogens with zero attached hydrogens (tertiary/aromatic N) is 2. The molecule has 0 aliphatic carbocycles. The Kier molecular flexibility index (Phi) is 3.85. The van der Waals surface area contributed by atoms with Crippen LogP contribution < -0.4 is 11.2 Å². The molecule has 0 aliphatic rings. The summed E-state index contributed by atoms with van der Waals surface area (Å²) < 4.78 is 1.12. The number of aromatic nitrogens is 3. The third kappa shape index (κ3) is 2.76. The monoisotopic (exact) mass is 279 g/mol. The molecule has 100 valence electrons. The molecule has 0 amide bonds. The Bertz CT molecular complexity index is 719. The standard InChI is InChI=1S/C13H14ClN3O2/c1-3-10-11(14)16-13(19)17(12(10)18)7-9-6-4-5-8(2)15-9/h4-6H,3,7H2,1-2H3,(H,16,19). The van der Waals surface area contributed by atoms with Crippen molar-refractivity contribution in [3.8, 4) is 0 Å². The summed E-state index contributed by atoms with van der Waals surface area (Å²) in [6.45, 7) is 3.81. The van der Waals surface area contributed by atoms with Crippen LogP contribution in [-0.4, -0.2) is 14.5 Å². The summed E-state index contributed by atoms with van der Waals surface area (Å²) in [5, 5.41) is 0.117. The molecule has 0 saturated carbocycles. The van der Waals surface area contributed by atoms with Crippen molar-refractivity contribution in [2.45, 2.75) is 26.8 Å². The lowest BCUT2D eigenvalue weighted by atomic mass is 10.2. The predicted molar refractivity (Wildman–Crippen MR) is 73.8 cm³/mol. The van der Waals surface area contributed by atoms with Crippen LogP contribution in [0.25, 0.3) is 0 Å². The van der Waals surface area contributed by atoms with Crippen LogP contribution in [0.4, 0.5) is 0 Å². The summed E-state index contributed by atoms with van der Waals surface area (Å²) in [5.74, 6) is 0. The second-order valence-corrected chi connectivity index (χ2v) is 4.62. The van der Waals surface area contributed by atoms with Crippen molar-refractivity contribution in [2.75, 3.05) is 0 Å². The Balaban J connectivity index is 2.52. The minimum Gasteiger partial charge on any atom is -0.297 e. The molecule has 19 heavy (non-hydrogen) atoms. The van der Waals surface area contributed by atoms with Gasteiger partial charge >= 0.3 is 5.69 Å². The van der Waals surface area contributed by atoms with Crippen LogP contribution in [0, 0.1) is 6.92 Å². The molecule has 1 N–H and O–H groups in total. The summed E-state index contributed by atoms with van der Waals surface area (Å²) in [4.78, 5) is 30.7. The molecule has 0 bridgehead atoms. The van der Waals surface area contributed by atoms with Crippen molar-refractivity contribution in [2.24, 2.45) is 0 Å². The average molecular weight is 280 g/mol. The fourth-order valence-corrected chi connectivity index (χ4v) is 2.18. The maximum Gasteiger partial charge on any atom is 0.329 e. The van der Waals surface area contributed by atoms with Gasteiger partial charge in [-0.15, -0.1) is 0 Å². The minimum absolute atomic E-state index is 0.117. The van der Waals surface area contributed by atoms with Gasteiger partial charge in [-0.3, -0.25) is 19.3 Å². The molecule has 0 radical (unpaired) electrons. The van der Waals surface area contributed by atoms with Gasteiger partial charge in [0.15, 0.2) is 0 Å². The Morgan fingerprint density at radius 3 is 2.74 bits per heavy atom. The molecule has 0 aromatic carbocycles. The number of rotatable bonds is 3. The first kappa shape index (κ1) is 13.5. The van der Waals surface area contributed by atoms with E-state index < -0.39 is 5.69 Å². The summed E-state index contributed by atoms with van der Waals surface area (Å²) in [7, 11) is 0. The van der Waals surface area contributed by atoms with Crippen LogP contribution in [0.5, 0.6) is 0 Å². The number of aromatic amines is 1. The third-order valence-electron chi connectivity index (χ3n) is 2.85. The second-order valence-electron chi connectivity index (χ2n) is 4.24. The lowest BCUT2D eigenvalue weighted by Gasteiger charge is -2.07. The topological polar surface area (TPSA) is 67.8 Å². The zero-order chi connectivity index (χ0) is 14.0. The van der Waals surface area contributed by atoms with Crippen LogP contribution in [-0.2, 0) is 13.0 Å². The Morgan fingerprint density at radius 2 is 2.11 bits per heavy atom. The van der Waals surface area contributed by atoms with Crippen LogP contribution >= 0.6 is 11.6 Å². The predicted octanol–water partition coefficient (Wildman–Crippen LogP) is 1.50. The molecule has 2 aromatic heterocycles. The highest BCUT2D eigenvalue weighted by atomic mass is 35.5. The van der Waals surface area contributed by atoms with Crippen LogP contribution in [0.15, 0.2) is 27.8 Å². The van der Waals surface area contributed by atoms with E-state index >= 15 is 0 Å². The number of aryl methyl sites for hydroxylation is 1. The van der Waals surface area contributed by atoms with Crippen molar-refractivity contribution >= 4 is 11.6 Å². The first-order valence-electron chi connectivity index (χ1n) is 5.97. The molecule has 0 aliphatic heterocycles. The SMILES string of the molecule is CCc1c(Cl)[nH]c(=O)n(Cc2cccc(C)n2)c1=O. The van der Waals surface area contributed by atoms with E-state index in [1.165, 1.54) is 0 Å². The summed E-state index contributed by atoms with van der Waals surface area (Å²) in [5.41, 5.74) is 1.03. The van der Waals surface area contributed by atoms with E-state index in [-0.39, 0.29) is 17.3 Å². The highest BCUT2D eigenvalue weighted by Crippen LogP contribution is 2.06. The fraction of sp³-hybridized carbons (Fsp3) is 0.308. The lowest BCUT2D eigenvalue weighted by Crippen LogP contribution is -2.37. The molecule has 6 heteroatoms. The van der Waals surface area contributed by atoms with Crippen LogP contribution in [0.3, 0.4) is 0 Å². The highest BCUT2D eigenvalue weighted by molar-refractivity contribution is 6.30. The van der Waals surface area contributed by atoms with Crippen molar-refractivity contribution in [3.63, 3.8) is 0 Å². The number of pyridine rings is 1. The molecule has 0 atom stereocenters. The molecule has 2 rings (SSSR count). The van der Waals surface area contributed by atoms with Gasteiger partial charge in [-0.05, 0) is 25.5 Å². The largest absolute Gasteiger partial charge is 0.329 e. The maximum atomic E-state index is 12.2. The van der Waals surface area contributed by atoms with Gasteiger partial charge in [0, 0.05) is 5.69 Å². The smallest absolute Gasteiger partial charge is 0.297 e. The minimum atomic E-state index is -0.518. The Labute approximate surface area is 114 Å². The normalized spacial score (nSPS) is 10.7. The molecule has 2 heterocycles. The fourth-order valence-electron chi connectivity index (χ4n) is 1.89. The van der Waals surface area contributed by atoms with Crippen molar-refractivity contribution in [3.05, 3.63) is 61.1 Å². The van der Waals surface area contributed by atoms with Gasteiger partial charge in [0.25, 0.3) is 5.56 Å². The number of H-pyrrole nitrogens is 1. The van der Waals surface area contributed by atoms with E-state index in [2.05, 4.69) is 9.97 Å². The van der Waals surface area contributed by atoms with Gasteiger partial charge in [-0.1, -0.05) is 24.6 Å². The van der Waals surface area contributed by atoms with E-state index in [1.807, 2.05) is 26.0 Å². The number of hydrogen-bond acceptors (Lipinski definition) is 3. The van der Waals surface area contributed by atoms with Gasteiger partial charge in [-0.2, -0.15) is 0 Å². The van der Waals surface area contributed by atoms with Gasteiger partial charge < -0.3 is 0 Å². The van der Waals surface area contributed by atoms with Crippen molar-refractivity contribution < 1.29 is 0 Å². The molecule has 2 aromatic rings. The maximum absolute atomic E-state index is 12.2. The van der Waals surface area contributed by atoms with Crippen molar-refractivity contribution in [1.82, 2.24) is 14.5 Å². The quantitative estimate of drug-likeness (QED) is 0.866. The van der Waals surface area contributed by atoms with E-state index in [0.717, 1.165) is 10.3 Å². The Hall–Kier alpha value is -1.88. The van der Waals surface area contributed by atoms with Gasteiger partial charge in [0.1, 0.15) is 5.15 Å². The molecule has 0 saturated heterocycles. The van der Waals surface area contributed by atoms with Gasteiger partial charge in [0.05, 0.1) is 17.8 Å². The third-order valence-corrected chi connectivity index (χ3v) is 3.17. The number of halogens is 1. The molecule has 5 nitrogen and oxygen atoms in total. The number of hydrogen-bond donors (Lipinski definition) is 1. The lowest BCUT2D eigenvalue weighted by molar-refractivity contribution is 0.672. The molecular weight excluding hydrogens is 266 g/mol. The zero-order valence-corrected chi connectivity index (χ0v) is 11.5. The molecule has 0 spiro atoms. The summed E-state index contributed by atoms with van der Waals surface area (Å²) in [6.07, 6.45) is 0.468. The van der Waals surface area contributed by atoms with Gasteiger partial charge in [-0.25, -0.2) is 4.79 Å². The first-order valence-corrected chi connectivity index (χ1v) is 6.34. The van der Waals surface area contributed by atoms with Gasteiger partial charge in [0.2, 0.25) is 0 Å². The van der Waals surface area contributed by atoms with Crippen LogP contribution in [0.2, 0.25) is 5.15 Å². The zero-order valence-electron chi connectivity index (χ0n) is 10.7. The van der Waals surface area contributed by atoms with Crippen LogP contribution in [0.1, 0.15) is 23.9 Å². The average Bonchev–Trinajstić information content (AvgIpc) is 2.35. The summed E-state index contributed by atoms with van der Waals surface area (Å²) in [6, 6.07) is 5.47. The molecule has 0 unspecified atom stereocenters. The van der Waals surface area contributed by atoms with E-state index in [1.54, 1.807) is 6.07 Å². The molecule has 0 fully saturated rings. The van der Waals surface area contributed by atoms with E-state index in [4.69, 9.17) is 11.6 Å². The Morgan fingerprint density at radius 1 is 1.37 bits per heavy atom.